The third-order valence-corrected chi connectivity index (χ3v) is 2.33. The number of rotatable bonds is 7. The smallest absolute Gasteiger partial charge is 0.295 e. The monoisotopic (exact) mass is 273 g/mol. The Balaban J connectivity index is 4.54. The van der Waals surface area contributed by atoms with Crippen LogP contribution in [0.4, 0.5) is 0 Å². The van der Waals surface area contributed by atoms with Crippen LogP contribution in [0.2, 0.25) is 0 Å². The van der Waals surface area contributed by atoms with Crippen molar-refractivity contribution in [3.63, 3.8) is 0 Å². The van der Waals surface area contributed by atoms with E-state index in [-0.39, 0.29) is 6.47 Å². The van der Waals surface area contributed by atoms with E-state index in [9.17, 15) is 4.79 Å². The zero-order chi connectivity index (χ0) is 11.9. The van der Waals surface area contributed by atoms with Crippen LogP contribution in [0.3, 0.4) is 0 Å². The van der Waals surface area contributed by atoms with Crippen LogP contribution < -0.4 is 0 Å². The van der Waals surface area contributed by atoms with Crippen molar-refractivity contribution >= 4 is 41.3 Å². The highest BCUT2D eigenvalue weighted by Crippen LogP contribution is 2.34. The van der Waals surface area contributed by atoms with Crippen molar-refractivity contribution in [2.75, 3.05) is 6.54 Å². The average molecular weight is 275 g/mol. The molecule has 0 fully saturated rings. The molecule has 0 aromatic heterocycles. The zero-order valence-electron chi connectivity index (χ0n) is 8.46. The van der Waals surface area contributed by atoms with Gasteiger partial charge in [0.15, 0.2) is 0 Å². The minimum atomic E-state index is -1.69. The summed E-state index contributed by atoms with van der Waals surface area (Å²) >= 11 is 17.1. The molecule has 88 valence electrons. The fourth-order valence-electron chi connectivity index (χ4n) is 1.04. The maximum atomic E-state index is 10.3. The van der Waals surface area contributed by atoms with Crippen LogP contribution in [0, 0.1) is 0 Å². The van der Waals surface area contributed by atoms with E-state index in [1.165, 1.54) is 6.20 Å². The first-order valence-electron chi connectivity index (χ1n) is 4.51. The van der Waals surface area contributed by atoms with E-state index in [1.54, 1.807) is 4.90 Å². The lowest BCUT2D eigenvalue weighted by atomic mass is 10.3. The molecule has 0 radical (unpaired) electrons. The van der Waals surface area contributed by atoms with Crippen molar-refractivity contribution < 1.29 is 9.53 Å². The molecule has 15 heavy (non-hydrogen) atoms. The first kappa shape index (κ1) is 14.9. The second-order valence-electron chi connectivity index (χ2n) is 2.90. The number of nitrogens with zero attached hydrogens (tertiary/aromatic N) is 1. The number of hydrogen-bond donors (Lipinski definition) is 0. The number of halogens is 3. The van der Waals surface area contributed by atoms with Crippen LogP contribution in [0.15, 0.2) is 12.8 Å². The van der Waals surface area contributed by atoms with Crippen molar-refractivity contribution in [3.8, 4) is 0 Å². The second-order valence-corrected chi connectivity index (χ2v) is 5.27. The molecule has 0 amide bonds. The Bertz CT molecular complexity index is 206. The lowest BCUT2D eigenvalue weighted by Crippen LogP contribution is -2.43. The van der Waals surface area contributed by atoms with Gasteiger partial charge in [-0.1, -0.05) is 54.7 Å². The van der Waals surface area contributed by atoms with Crippen LogP contribution in [0.5, 0.6) is 0 Å². The summed E-state index contributed by atoms with van der Waals surface area (Å²) in [4.78, 5) is 11.9. The van der Waals surface area contributed by atoms with Gasteiger partial charge in [0.2, 0.25) is 10.0 Å². The molecule has 3 nitrogen and oxygen atoms in total. The molecule has 0 N–H and O–H groups in total. The maximum Gasteiger partial charge on any atom is 0.295 e. The van der Waals surface area contributed by atoms with Gasteiger partial charge in [-0.15, -0.1) is 0 Å². The van der Waals surface area contributed by atoms with E-state index in [1.807, 2.05) is 6.92 Å². The summed E-state index contributed by atoms with van der Waals surface area (Å²) in [5, 5.41) is 0. The van der Waals surface area contributed by atoms with Crippen molar-refractivity contribution in [3.05, 3.63) is 12.8 Å². The predicted molar refractivity (Wildman–Crippen MR) is 63.0 cm³/mol. The molecule has 6 heteroatoms. The third-order valence-electron chi connectivity index (χ3n) is 1.77. The van der Waals surface area contributed by atoms with Crippen LogP contribution in [-0.2, 0) is 9.53 Å². The quantitative estimate of drug-likeness (QED) is 0.406. The Labute approximate surface area is 105 Å². The fourth-order valence-corrected chi connectivity index (χ4v) is 1.57. The van der Waals surface area contributed by atoms with E-state index in [0.29, 0.717) is 6.54 Å². The largest absolute Gasteiger partial charge is 0.439 e. The fraction of sp³-hybridized carbons (Fsp3) is 0.667. The topological polar surface area (TPSA) is 29.5 Å². The van der Waals surface area contributed by atoms with Gasteiger partial charge in [0.25, 0.3) is 6.47 Å². The van der Waals surface area contributed by atoms with Crippen LogP contribution >= 0.6 is 34.8 Å². The van der Waals surface area contributed by atoms with Gasteiger partial charge in [0.1, 0.15) is 0 Å². The summed E-state index contributed by atoms with van der Waals surface area (Å²) in [6, 6.07) is 0. The standard InChI is InChI=1S/C9H14Cl3NO2/c1-3-5-6-13(4-2)8(15-7-14)9(10,11)12/h4,7-8H,2-3,5-6H2,1H3. The van der Waals surface area contributed by atoms with Crippen molar-refractivity contribution in [2.24, 2.45) is 0 Å². The molecule has 0 aliphatic heterocycles. The van der Waals surface area contributed by atoms with Gasteiger partial charge in [0, 0.05) is 6.54 Å². The first-order valence-corrected chi connectivity index (χ1v) is 5.64. The molecule has 0 aromatic carbocycles. The number of hydrogen-bond acceptors (Lipinski definition) is 3. The van der Waals surface area contributed by atoms with Crippen molar-refractivity contribution in [1.82, 2.24) is 4.90 Å². The first-order chi connectivity index (χ1) is 6.97. The molecule has 0 heterocycles. The highest BCUT2D eigenvalue weighted by atomic mass is 35.6. The molecule has 0 rings (SSSR count). The van der Waals surface area contributed by atoms with Gasteiger partial charge in [0.05, 0.1) is 0 Å². The van der Waals surface area contributed by atoms with Gasteiger partial charge < -0.3 is 9.64 Å². The SMILES string of the molecule is C=CN(CCCC)C(OC=O)C(Cl)(Cl)Cl. The highest BCUT2D eigenvalue weighted by molar-refractivity contribution is 6.68. The third kappa shape index (κ3) is 5.50. The van der Waals surface area contributed by atoms with Crippen LogP contribution in [0.1, 0.15) is 19.8 Å². The van der Waals surface area contributed by atoms with Gasteiger partial charge >= 0.3 is 0 Å². The average Bonchev–Trinajstić information content (AvgIpc) is 2.15. The van der Waals surface area contributed by atoms with Gasteiger partial charge in [-0.25, -0.2) is 0 Å². The summed E-state index contributed by atoms with van der Waals surface area (Å²) in [6.07, 6.45) is 2.43. The van der Waals surface area contributed by atoms with Gasteiger partial charge in [-0.3, -0.25) is 4.79 Å². The van der Waals surface area contributed by atoms with Crippen LogP contribution in [-0.4, -0.2) is 27.9 Å². The molecule has 1 unspecified atom stereocenters. The molecular formula is C9H14Cl3NO2. The zero-order valence-corrected chi connectivity index (χ0v) is 10.7. The van der Waals surface area contributed by atoms with E-state index >= 15 is 0 Å². The molecule has 0 aliphatic rings. The van der Waals surface area contributed by atoms with Crippen molar-refractivity contribution in [1.29, 1.82) is 0 Å². The molecule has 0 saturated carbocycles. The minimum Gasteiger partial charge on any atom is -0.439 e. The number of carbonyl (C=O) groups is 1. The molecule has 0 aromatic rings. The highest BCUT2D eigenvalue weighted by Gasteiger charge is 2.37. The van der Waals surface area contributed by atoms with Gasteiger partial charge in [-0.2, -0.15) is 0 Å². The van der Waals surface area contributed by atoms with Crippen LogP contribution in [0.25, 0.3) is 0 Å². The Morgan fingerprint density at radius 3 is 2.47 bits per heavy atom. The van der Waals surface area contributed by atoms with E-state index in [2.05, 4.69) is 6.58 Å². The lowest BCUT2D eigenvalue weighted by Gasteiger charge is -2.32. The Kier molecular flexibility index (Phi) is 7.14. The Hall–Kier alpha value is -0.120. The van der Waals surface area contributed by atoms with E-state index < -0.39 is 10.0 Å². The Morgan fingerprint density at radius 1 is 1.53 bits per heavy atom. The van der Waals surface area contributed by atoms with Gasteiger partial charge in [-0.05, 0) is 12.6 Å². The molecule has 0 spiro atoms. The van der Waals surface area contributed by atoms with E-state index in [4.69, 9.17) is 39.5 Å². The number of carbonyl (C=O) groups excluding carboxylic acids is 1. The lowest BCUT2D eigenvalue weighted by molar-refractivity contribution is -0.140. The minimum absolute atomic E-state index is 0.259. The van der Waals surface area contributed by atoms with E-state index in [0.717, 1.165) is 12.8 Å². The predicted octanol–water partition coefficient (Wildman–Crippen LogP) is 3.10. The molecule has 0 saturated heterocycles. The number of unbranched alkanes of at least 4 members (excludes halogenated alkanes) is 1. The molecule has 0 bridgehead atoms. The van der Waals surface area contributed by atoms with Crippen molar-refractivity contribution in [2.45, 2.75) is 29.8 Å². The molecule has 0 aliphatic carbocycles. The Morgan fingerprint density at radius 2 is 2.13 bits per heavy atom. The summed E-state index contributed by atoms with van der Waals surface area (Å²) < 4.78 is 3.04. The summed E-state index contributed by atoms with van der Waals surface area (Å²) in [7, 11) is 0. The summed E-state index contributed by atoms with van der Waals surface area (Å²) in [5.41, 5.74) is 0. The summed E-state index contributed by atoms with van der Waals surface area (Å²) in [5.74, 6) is 0. The normalized spacial score (nSPS) is 13.1. The molecular weight excluding hydrogens is 260 g/mol. The summed E-state index contributed by atoms with van der Waals surface area (Å²) in [6.45, 7) is 6.49. The number of ether oxygens (including phenoxy) is 1. The number of alkyl halides is 3. The second kappa shape index (κ2) is 7.20. The maximum absolute atomic E-state index is 10.3. The molecule has 1 atom stereocenters.